The van der Waals surface area contributed by atoms with Crippen LogP contribution < -0.4 is 4.90 Å². The minimum atomic E-state index is -0.00349. The molecule has 0 unspecified atom stereocenters. The Bertz CT molecular complexity index is 4110. The van der Waals surface area contributed by atoms with Gasteiger partial charge in [-0.15, -0.1) is 0 Å². The minimum Gasteiger partial charge on any atom is -0.310 e. The first kappa shape index (κ1) is 49.0. The molecule has 1 aromatic heterocycles. The predicted octanol–water partition coefficient (Wildman–Crippen LogP) is 21.3. The van der Waals surface area contributed by atoms with Crippen molar-refractivity contribution in [3.05, 3.63) is 229 Å². The van der Waals surface area contributed by atoms with Crippen molar-refractivity contribution in [3.8, 4) is 39.1 Å². The summed E-state index contributed by atoms with van der Waals surface area (Å²) >= 11 is 0. The van der Waals surface area contributed by atoms with Gasteiger partial charge < -0.3 is 9.47 Å². The van der Waals surface area contributed by atoms with E-state index in [4.69, 9.17) is 0 Å². The highest BCUT2D eigenvalue weighted by Gasteiger charge is 2.26. The molecule has 0 saturated carbocycles. The van der Waals surface area contributed by atoms with Crippen LogP contribution in [0.1, 0.15) is 105 Å². The molecule has 0 bridgehead atoms. The van der Waals surface area contributed by atoms with E-state index in [0.717, 1.165) is 17.1 Å². The van der Waals surface area contributed by atoms with Crippen LogP contribution in [0.2, 0.25) is 0 Å². The number of rotatable bonds is 7. The van der Waals surface area contributed by atoms with Crippen molar-refractivity contribution in [2.45, 2.75) is 105 Å². The lowest BCUT2D eigenvalue weighted by atomic mass is 9.79. The van der Waals surface area contributed by atoms with Crippen LogP contribution in [0.4, 0.5) is 17.1 Å². The van der Waals surface area contributed by atoms with E-state index >= 15 is 0 Å². The summed E-state index contributed by atoms with van der Waals surface area (Å²) in [7, 11) is 0. The first-order valence-corrected chi connectivity index (χ1v) is 27.3. The smallest absolute Gasteiger partial charge is 0.0541 e. The van der Waals surface area contributed by atoms with E-state index in [2.05, 4.69) is 299 Å². The molecule has 0 aliphatic rings. The minimum absolute atomic E-state index is 0.00349. The van der Waals surface area contributed by atoms with Crippen LogP contribution in [-0.2, 0) is 21.7 Å². The maximum absolute atomic E-state index is 2.50. The Morgan fingerprint density at radius 3 is 1.38 bits per heavy atom. The summed E-state index contributed by atoms with van der Waals surface area (Å²) in [6.45, 7) is 27.9. The lowest BCUT2D eigenvalue weighted by Gasteiger charge is -2.29. The maximum Gasteiger partial charge on any atom is 0.0541 e. The highest BCUT2D eigenvalue weighted by molar-refractivity contribution is 6.27. The topological polar surface area (TPSA) is 8.17 Å². The van der Waals surface area contributed by atoms with Gasteiger partial charge in [-0.25, -0.2) is 0 Å². The lowest BCUT2D eigenvalue weighted by Crippen LogP contribution is -2.16. The van der Waals surface area contributed by atoms with Crippen LogP contribution in [0, 0.1) is 0 Å². The van der Waals surface area contributed by atoms with Gasteiger partial charge in [0.25, 0.3) is 0 Å². The normalized spacial score (nSPS) is 12.7. The molecule has 0 radical (unpaired) electrons. The van der Waals surface area contributed by atoms with Gasteiger partial charge in [0.2, 0.25) is 0 Å². The Kier molecular flexibility index (Phi) is 11.5. The highest BCUT2D eigenvalue weighted by Crippen LogP contribution is 2.48. The van der Waals surface area contributed by atoms with Crippen LogP contribution >= 0.6 is 0 Å². The third-order valence-electron chi connectivity index (χ3n) is 16.1. The fraction of sp³-hybridized carbons (Fsp3) is 0.216. The van der Waals surface area contributed by atoms with E-state index in [9.17, 15) is 0 Å². The number of para-hydroxylation sites is 1. The van der Waals surface area contributed by atoms with Gasteiger partial charge in [-0.2, -0.15) is 0 Å². The van der Waals surface area contributed by atoms with E-state index < -0.39 is 0 Å². The predicted molar refractivity (Wildman–Crippen MR) is 330 cm³/mol. The van der Waals surface area contributed by atoms with Crippen LogP contribution in [0.15, 0.2) is 206 Å². The summed E-state index contributed by atoms with van der Waals surface area (Å²) in [6.07, 6.45) is 0. The third-order valence-corrected chi connectivity index (χ3v) is 16.1. The summed E-state index contributed by atoms with van der Waals surface area (Å²) in [6, 6.07) is 78.4. The van der Waals surface area contributed by atoms with E-state index in [1.807, 2.05) is 0 Å². The molecule has 376 valence electrons. The number of hydrogen-bond acceptors (Lipinski definition) is 1. The fourth-order valence-electron chi connectivity index (χ4n) is 11.6. The number of benzene rings is 11. The Hall–Kier alpha value is -7.94. The molecule has 0 atom stereocenters. The number of aromatic nitrogens is 1. The van der Waals surface area contributed by atoms with Gasteiger partial charge in [0.1, 0.15) is 0 Å². The van der Waals surface area contributed by atoms with Crippen molar-refractivity contribution in [1.82, 2.24) is 4.57 Å². The van der Waals surface area contributed by atoms with Crippen LogP contribution in [-0.4, -0.2) is 4.57 Å². The molecule has 0 spiro atoms. The number of nitrogens with zero attached hydrogens (tertiary/aromatic N) is 2. The summed E-state index contributed by atoms with van der Waals surface area (Å²) in [5, 5.41) is 9.99. The Morgan fingerprint density at radius 2 is 0.763 bits per heavy atom. The molecule has 0 saturated heterocycles. The van der Waals surface area contributed by atoms with Crippen molar-refractivity contribution in [2.24, 2.45) is 0 Å². The number of fused-ring (bicyclic) bond motifs is 3. The second-order valence-electron chi connectivity index (χ2n) is 25.6. The van der Waals surface area contributed by atoms with Gasteiger partial charge in [0.05, 0.1) is 22.4 Å². The molecule has 12 aromatic rings. The Labute approximate surface area is 450 Å². The molecule has 2 heteroatoms. The van der Waals surface area contributed by atoms with Gasteiger partial charge in [0.15, 0.2) is 0 Å². The molecule has 2 nitrogen and oxygen atoms in total. The van der Waals surface area contributed by atoms with Gasteiger partial charge >= 0.3 is 0 Å². The van der Waals surface area contributed by atoms with Crippen molar-refractivity contribution in [2.75, 3.05) is 4.90 Å². The van der Waals surface area contributed by atoms with E-state index in [-0.39, 0.29) is 21.7 Å². The van der Waals surface area contributed by atoms with Crippen LogP contribution in [0.25, 0.3) is 93.2 Å². The Morgan fingerprint density at radius 1 is 0.289 bits per heavy atom. The summed E-state index contributed by atoms with van der Waals surface area (Å²) in [4.78, 5) is 2.50. The monoisotopic (exact) mass is 987 g/mol. The number of hydrogen-bond donors (Lipinski definition) is 0. The van der Waals surface area contributed by atoms with E-state index in [1.165, 1.54) is 115 Å². The van der Waals surface area contributed by atoms with Crippen molar-refractivity contribution >= 4 is 71.2 Å². The molecular formula is C74H70N2. The quantitative estimate of drug-likeness (QED) is 0.145. The maximum atomic E-state index is 2.50. The molecule has 0 amide bonds. The van der Waals surface area contributed by atoms with E-state index in [0.29, 0.717) is 0 Å². The van der Waals surface area contributed by atoms with Crippen molar-refractivity contribution in [1.29, 1.82) is 0 Å². The molecule has 76 heavy (non-hydrogen) atoms. The molecule has 1 heterocycles. The van der Waals surface area contributed by atoms with Gasteiger partial charge in [-0.3, -0.25) is 0 Å². The molecule has 0 fully saturated rings. The standard InChI is InChI=1S/C74H70N2/c1-71(2,3)55-39-53(40-56(45-55)72(4,5)6)48-25-32-59(33-26-48)75(60-22-18-21-51(43-60)54-41-57(73(7,8)9)46-58(42-54)74(10,11)12)66-36-29-49-28-35-63-67(37-30-50-27-34-62(66)69(49)70(50)63)76-65-24-17-16-23-61(65)64-44-52(31-38-68(64)76)47-19-14-13-15-20-47/h13-46H,1-12H3. The second-order valence-corrected chi connectivity index (χ2v) is 25.6. The zero-order valence-corrected chi connectivity index (χ0v) is 46.5. The zero-order chi connectivity index (χ0) is 53.1. The highest BCUT2D eigenvalue weighted by atomic mass is 15.1. The zero-order valence-electron chi connectivity index (χ0n) is 46.5. The van der Waals surface area contributed by atoms with Gasteiger partial charge in [-0.1, -0.05) is 235 Å². The number of anilines is 3. The van der Waals surface area contributed by atoms with Crippen molar-refractivity contribution < 1.29 is 0 Å². The lowest BCUT2D eigenvalue weighted by molar-refractivity contribution is 0.568. The largest absolute Gasteiger partial charge is 0.310 e. The first-order valence-electron chi connectivity index (χ1n) is 27.3. The molecule has 0 aliphatic heterocycles. The molecule has 11 aromatic carbocycles. The SMILES string of the molecule is CC(C)(C)c1cc(-c2ccc(N(c3cccc(-c4cc(C(C)(C)C)cc(C(C)(C)C)c4)c3)c3ccc4ccc5c(-n6c7ccccc7c7cc(-c8ccccc8)ccc76)ccc6ccc3c4c65)cc2)cc(C(C)(C)C)c1. The van der Waals surface area contributed by atoms with Crippen LogP contribution in [0.3, 0.4) is 0 Å². The second kappa shape index (κ2) is 17.8. The average molecular weight is 987 g/mol. The molecule has 12 rings (SSSR count). The van der Waals surface area contributed by atoms with Gasteiger partial charge in [-0.05, 0) is 153 Å². The molecule has 0 aliphatic carbocycles. The van der Waals surface area contributed by atoms with E-state index in [1.54, 1.807) is 0 Å². The fourth-order valence-corrected chi connectivity index (χ4v) is 11.6. The molecule has 0 N–H and O–H groups in total. The third kappa shape index (κ3) is 8.62. The summed E-state index contributed by atoms with van der Waals surface area (Å²) < 4.78 is 2.49. The first-order chi connectivity index (χ1) is 36.2. The summed E-state index contributed by atoms with van der Waals surface area (Å²) in [5.74, 6) is 0. The van der Waals surface area contributed by atoms with Crippen LogP contribution in [0.5, 0.6) is 0 Å². The van der Waals surface area contributed by atoms with Crippen molar-refractivity contribution in [3.63, 3.8) is 0 Å². The Balaban J connectivity index is 1.07. The average Bonchev–Trinajstić information content (AvgIpc) is 3.89. The summed E-state index contributed by atoms with van der Waals surface area (Å²) in [5.41, 5.74) is 19.8. The van der Waals surface area contributed by atoms with Gasteiger partial charge in [0, 0.05) is 32.9 Å². The molecular weight excluding hydrogens is 917 g/mol.